The van der Waals surface area contributed by atoms with Gasteiger partial charge in [-0.25, -0.2) is 0 Å². The third kappa shape index (κ3) is 3.85. The number of aryl methyl sites for hydroxylation is 2. The van der Waals surface area contributed by atoms with E-state index in [9.17, 15) is 9.59 Å². The standard InChI is InChI=1S/C16H16ClN5O2S/c1-3-11-7-13(23)19-15-20-21-16(22(11)15)25-8-14(24)18-10-5-4-9(2)12(17)6-10/h4-7H,3,8H2,1-2H3,(H,18,24)(H,19,20,23). The van der Waals surface area contributed by atoms with E-state index in [4.69, 9.17) is 11.6 Å². The van der Waals surface area contributed by atoms with E-state index in [-0.39, 0.29) is 17.2 Å². The maximum absolute atomic E-state index is 12.2. The summed E-state index contributed by atoms with van der Waals surface area (Å²) < 4.78 is 1.75. The van der Waals surface area contributed by atoms with E-state index < -0.39 is 0 Å². The lowest BCUT2D eigenvalue weighted by Gasteiger charge is -2.07. The number of anilines is 1. The molecular weight excluding hydrogens is 362 g/mol. The van der Waals surface area contributed by atoms with Crippen molar-refractivity contribution >= 4 is 40.7 Å². The normalized spacial score (nSPS) is 11.0. The highest BCUT2D eigenvalue weighted by atomic mass is 35.5. The van der Waals surface area contributed by atoms with Gasteiger partial charge in [-0.3, -0.25) is 19.0 Å². The fourth-order valence-corrected chi connectivity index (χ4v) is 3.27. The molecule has 2 heterocycles. The van der Waals surface area contributed by atoms with Gasteiger partial charge in [0.2, 0.25) is 11.7 Å². The molecule has 9 heteroatoms. The number of aromatic amines is 1. The summed E-state index contributed by atoms with van der Waals surface area (Å²) >= 11 is 7.31. The minimum Gasteiger partial charge on any atom is -0.325 e. The van der Waals surface area contributed by atoms with Crippen molar-refractivity contribution in [2.24, 2.45) is 0 Å². The predicted molar refractivity (Wildman–Crippen MR) is 98.5 cm³/mol. The summed E-state index contributed by atoms with van der Waals surface area (Å²) in [5.41, 5.74) is 2.16. The number of H-pyrrole nitrogens is 1. The number of rotatable bonds is 5. The second-order valence-corrected chi connectivity index (χ2v) is 6.77. The van der Waals surface area contributed by atoms with Crippen LogP contribution in [0.25, 0.3) is 5.78 Å². The lowest BCUT2D eigenvalue weighted by molar-refractivity contribution is -0.113. The van der Waals surface area contributed by atoms with Crippen molar-refractivity contribution in [2.75, 3.05) is 11.1 Å². The summed E-state index contributed by atoms with van der Waals surface area (Å²) in [6.45, 7) is 3.84. The highest BCUT2D eigenvalue weighted by Crippen LogP contribution is 2.21. The van der Waals surface area contributed by atoms with Crippen molar-refractivity contribution in [3.8, 4) is 0 Å². The fraction of sp³-hybridized carbons (Fsp3) is 0.250. The number of aromatic nitrogens is 4. The number of fused-ring (bicyclic) bond motifs is 1. The summed E-state index contributed by atoms with van der Waals surface area (Å²) in [5.74, 6) is 0.357. The van der Waals surface area contributed by atoms with E-state index >= 15 is 0 Å². The van der Waals surface area contributed by atoms with Crippen LogP contribution in [0.3, 0.4) is 0 Å². The van der Waals surface area contributed by atoms with E-state index in [1.165, 1.54) is 17.8 Å². The van der Waals surface area contributed by atoms with Crippen molar-refractivity contribution in [3.63, 3.8) is 0 Å². The molecule has 3 aromatic rings. The molecule has 2 N–H and O–H groups in total. The van der Waals surface area contributed by atoms with Crippen LogP contribution >= 0.6 is 23.4 Å². The zero-order chi connectivity index (χ0) is 18.0. The van der Waals surface area contributed by atoms with Gasteiger partial charge in [0.05, 0.1) is 5.75 Å². The molecule has 0 fully saturated rings. The molecule has 3 rings (SSSR count). The Hall–Kier alpha value is -2.32. The number of nitrogens with one attached hydrogen (secondary N) is 2. The van der Waals surface area contributed by atoms with Crippen LogP contribution < -0.4 is 10.9 Å². The van der Waals surface area contributed by atoms with Gasteiger partial charge in [0.25, 0.3) is 5.56 Å². The fourth-order valence-electron chi connectivity index (χ4n) is 2.32. The molecule has 0 bridgehead atoms. The van der Waals surface area contributed by atoms with Gasteiger partial charge in [0, 0.05) is 22.5 Å². The molecule has 0 aliphatic heterocycles. The van der Waals surface area contributed by atoms with Crippen LogP contribution in [0.1, 0.15) is 18.2 Å². The van der Waals surface area contributed by atoms with Crippen LogP contribution in [0.4, 0.5) is 5.69 Å². The van der Waals surface area contributed by atoms with Crippen LogP contribution in [0, 0.1) is 6.92 Å². The van der Waals surface area contributed by atoms with Gasteiger partial charge in [0.15, 0.2) is 5.16 Å². The third-order valence-corrected chi connectivity index (χ3v) is 4.94. The Kier molecular flexibility index (Phi) is 5.10. The van der Waals surface area contributed by atoms with Gasteiger partial charge < -0.3 is 5.32 Å². The van der Waals surface area contributed by atoms with Crippen LogP contribution in [0.2, 0.25) is 5.02 Å². The van der Waals surface area contributed by atoms with Crippen molar-refractivity contribution in [1.29, 1.82) is 0 Å². The van der Waals surface area contributed by atoms with Gasteiger partial charge in [-0.15, -0.1) is 10.2 Å². The Balaban J connectivity index is 1.73. The largest absolute Gasteiger partial charge is 0.325 e. The summed E-state index contributed by atoms with van der Waals surface area (Å²) in [6.07, 6.45) is 0.653. The van der Waals surface area contributed by atoms with Crippen molar-refractivity contribution in [3.05, 3.63) is 50.9 Å². The summed E-state index contributed by atoms with van der Waals surface area (Å²) in [7, 11) is 0. The Morgan fingerprint density at radius 2 is 2.16 bits per heavy atom. The first-order valence-corrected chi connectivity index (χ1v) is 9.00. The van der Waals surface area contributed by atoms with Crippen molar-refractivity contribution in [1.82, 2.24) is 19.6 Å². The first-order chi connectivity index (χ1) is 12.0. The zero-order valence-electron chi connectivity index (χ0n) is 13.7. The van der Waals surface area contributed by atoms with Crippen LogP contribution in [0.5, 0.6) is 0 Å². The van der Waals surface area contributed by atoms with E-state index in [0.29, 0.717) is 28.1 Å². The number of benzene rings is 1. The van der Waals surface area contributed by atoms with E-state index in [1.807, 2.05) is 19.9 Å². The maximum atomic E-state index is 12.2. The van der Waals surface area contributed by atoms with Crippen molar-refractivity contribution < 1.29 is 4.79 Å². The topological polar surface area (TPSA) is 92.2 Å². The number of halogens is 1. The van der Waals surface area contributed by atoms with E-state index in [0.717, 1.165) is 11.3 Å². The number of hydrogen-bond donors (Lipinski definition) is 2. The first-order valence-electron chi connectivity index (χ1n) is 7.64. The van der Waals surface area contributed by atoms with Gasteiger partial charge in [0.1, 0.15) is 0 Å². The molecule has 1 amide bonds. The molecule has 0 spiro atoms. The predicted octanol–water partition coefficient (Wildman–Crippen LogP) is 2.67. The number of carbonyl (C=O) groups is 1. The smallest absolute Gasteiger partial charge is 0.252 e. The Labute approximate surface area is 152 Å². The van der Waals surface area contributed by atoms with Gasteiger partial charge >= 0.3 is 0 Å². The molecule has 0 atom stereocenters. The second kappa shape index (κ2) is 7.28. The minimum atomic E-state index is -0.220. The molecule has 7 nitrogen and oxygen atoms in total. The summed E-state index contributed by atoms with van der Waals surface area (Å²) in [5, 5.41) is 12.0. The van der Waals surface area contributed by atoms with Gasteiger partial charge in [-0.1, -0.05) is 36.4 Å². The summed E-state index contributed by atoms with van der Waals surface area (Å²) in [6, 6.07) is 6.87. The molecule has 0 aliphatic rings. The highest BCUT2D eigenvalue weighted by molar-refractivity contribution is 7.99. The molecule has 0 radical (unpaired) electrons. The molecule has 1 aromatic carbocycles. The number of amides is 1. The molecule has 25 heavy (non-hydrogen) atoms. The zero-order valence-corrected chi connectivity index (χ0v) is 15.2. The third-order valence-electron chi connectivity index (χ3n) is 3.60. The van der Waals surface area contributed by atoms with Crippen molar-refractivity contribution in [2.45, 2.75) is 25.4 Å². The average Bonchev–Trinajstić information content (AvgIpc) is 2.98. The molecular formula is C16H16ClN5O2S. The Bertz CT molecular complexity index is 998. The Morgan fingerprint density at radius 1 is 1.36 bits per heavy atom. The molecule has 0 unspecified atom stereocenters. The van der Waals surface area contributed by atoms with Crippen LogP contribution in [0.15, 0.2) is 34.2 Å². The highest BCUT2D eigenvalue weighted by Gasteiger charge is 2.13. The molecule has 0 aliphatic carbocycles. The second-order valence-electron chi connectivity index (χ2n) is 5.42. The molecule has 0 saturated carbocycles. The van der Waals surface area contributed by atoms with Crippen LogP contribution in [-0.2, 0) is 11.2 Å². The lowest BCUT2D eigenvalue weighted by atomic mass is 10.2. The average molecular weight is 378 g/mol. The number of carbonyl (C=O) groups excluding carboxylic acids is 1. The number of hydrogen-bond acceptors (Lipinski definition) is 5. The first kappa shape index (κ1) is 17.5. The number of thioether (sulfide) groups is 1. The minimum absolute atomic E-state index is 0.161. The van der Waals surface area contributed by atoms with E-state index in [2.05, 4.69) is 20.5 Å². The summed E-state index contributed by atoms with van der Waals surface area (Å²) in [4.78, 5) is 26.4. The quantitative estimate of drug-likeness (QED) is 0.667. The number of nitrogens with zero attached hydrogens (tertiary/aromatic N) is 3. The maximum Gasteiger partial charge on any atom is 0.252 e. The van der Waals surface area contributed by atoms with E-state index in [1.54, 1.807) is 16.5 Å². The monoisotopic (exact) mass is 377 g/mol. The Morgan fingerprint density at radius 3 is 2.88 bits per heavy atom. The SMILES string of the molecule is CCc1cc(=O)[nH]c2nnc(SCC(=O)Nc3ccc(C)c(Cl)c3)n12. The molecule has 130 valence electrons. The van der Waals surface area contributed by atoms with Gasteiger partial charge in [-0.2, -0.15) is 0 Å². The molecule has 0 saturated heterocycles. The molecule has 2 aromatic heterocycles. The van der Waals surface area contributed by atoms with Gasteiger partial charge in [-0.05, 0) is 31.0 Å². The lowest BCUT2D eigenvalue weighted by Crippen LogP contribution is -2.15. The van der Waals surface area contributed by atoms with Crippen LogP contribution in [-0.4, -0.2) is 31.2 Å².